The number of hydrogen-bond donors (Lipinski definition) is 0. The van der Waals surface area contributed by atoms with Gasteiger partial charge in [-0.3, -0.25) is 4.68 Å². The Hall–Kier alpha value is -0.790. The van der Waals surface area contributed by atoms with Crippen LogP contribution in [0, 0.1) is 13.8 Å². The van der Waals surface area contributed by atoms with Gasteiger partial charge in [0, 0.05) is 31.4 Å². The summed E-state index contributed by atoms with van der Waals surface area (Å²) in [5.74, 6) is 0. The first-order valence-corrected chi connectivity index (χ1v) is 9.80. The van der Waals surface area contributed by atoms with Crippen molar-refractivity contribution >= 4 is 44.8 Å². The highest BCUT2D eigenvalue weighted by Crippen LogP contribution is 2.33. The normalized spacial score (nSPS) is 12.2. The average Bonchev–Trinajstić information content (AvgIpc) is 2.78. The van der Waals surface area contributed by atoms with Gasteiger partial charge in [-0.05, 0) is 32.9 Å². The monoisotopic (exact) mass is 409 g/mol. The van der Waals surface area contributed by atoms with Crippen LogP contribution in [0.2, 0.25) is 15.1 Å². The number of hydrogen-bond acceptors (Lipinski definition) is 3. The lowest BCUT2D eigenvalue weighted by Gasteiger charge is -2.19. The first-order valence-electron chi connectivity index (χ1n) is 7.23. The van der Waals surface area contributed by atoms with Gasteiger partial charge in [-0.25, -0.2) is 8.42 Å². The van der Waals surface area contributed by atoms with Gasteiger partial charge >= 0.3 is 0 Å². The fourth-order valence-corrected chi connectivity index (χ4v) is 4.56. The molecule has 9 heteroatoms. The second-order valence-electron chi connectivity index (χ2n) is 5.42. The van der Waals surface area contributed by atoms with Crippen LogP contribution in [0.5, 0.6) is 0 Å². The van der Waals surface area contributed by atoms with E-state index in [2.05, 4.69) is 5.10 Å². The standard InChI is InChI=1S/C15H18Cl3N3O2S/c1-5-21-10(3)11(9(2)19-21)8-20(4)24(22,23)15-7-13(17)12(16)6-14(15)18/h6-7H,5,8H2,1-4H3. The molecule has 132 valence electrons. The van der Waals surface area contributed by atoms with E-state index in [1.165, 1.54) is 23.5 Å². The van der Waals surface area contributed by atoms with Crippen molar-refractivity contribution in [3.63, 3.8) is 0 Å². The minimum atomic E-state index is -3.82. The van der Waals surface area contributed by atoms with Crippen LogP contribution in [0.4, 0.5) is 0 Å². The Labute approximate surface area is 157 Å². The number of benzene rings is 1. The number of rotatable bonds is 5. The van der Waals surface area contributed by atoms with Crippen molar-refractivity contribution in [2.45, 2.75) is 38.8 Å². The summed E-state index contributed by atoms with van der Waals surface area (Å²) >= 11 is 17.9. The minimum absolute atomic E-state index is 0.0361. The molecule has 0 saturated heterocycles. The Morgan fingerprint density at radius 2 is 1.71 bits per heavy atom. The van der Waals surface area contributed by atoms with E-state index >= 15 is 0 Å². The van der Waals surface area contributed by atoms with Crippen molar-refractivity contribution < 1.29 is 8.42 Å². The van der Waals surface area contributed by atoms with Gasteiger partial charge in [0.05, 0.1) is 20.8 Å². The molecular formula is C15H18Cl3N3O2S. The van der Waals surface area contributed by atoms with Crippen LogP contribution in [-0.2, 0) is 23.1 Å². The van der Waals surface area contributed by atoms with E-state index in [1.807, 2.05) is 25.5 Å². The first kappa shape index (κ1) is 19.5. The van der Waals surface area contributed by atoms with Crippen LogP contribution in [0.15, 0.2) is 17.0 Å². The maximum atomic E-state index is 12.8. The molecular weight excluding hydrogens is 393 g/mol. The average molecular weight is 411 g/mol. The smallest absolute Gasteiger partial charge is 0.244 e. The van der Waals surface area contributed by atoms with Crippen LogP contribution in [0.1, 0.15) is 23.9 Å². The Kier molecular flexibility index (Phi) is 5.87. The molecule has 0 fully saturated rings. The van der Waals surface area contributed by atoms with E-state index < -0.39 is 10.0 Å². The van der Waals surface area contributed by atoms with Crippen molar-refractivity contribution in [3.05, 3.63) is 44.2 Å². The summed E-state index contributed by atoms with van der Waals surface area (Å²) in [6, 6.07) is 2.60. The SMILES string of the molecule is CCn1nc(C)c(CN(C)S(=O)(=O)c2cc(Cl)c(Cl)cc2Cl)c1C. The van der Waals surface area contributed by atoms with Gasteiger partial charge in [-0.15, -0.1) is 0 Å². The summed E-state index contributed by atoms with van der Waals surface area (Å²) < 4.78 is 28.7. The van der Waals surface area contributed by atoms with Crippen LogP contribution in [-0.4, -0.2) is 29.6 Å². The molecule has 0 radical (unpaired) electrons. The summed E-state index contributed by atoms with van der Waals surface area (Å²) in [6.45, 7) is 6.68. The molecule has 1 heterocycles. The number of sulfonamides is 1. The van der Waals surface area contributed by atoms with E-state index in [9.17, 15) is 8.42 Å². The highest BCUT2D eigenvalue weighted by Gasteiger charge is 2.26. The molecule has 0 aliphatic rings. The van der Waals surface area contributed by atoms with E-state index in [-0.39, 0.29) is 26.5 Å². The third kappa shape index (κ3) is 3.58. The third-order valence-electron chi connectivity index (χ3n) is 3.87. The zero-order valence-electron chi connectivity index (χ0n) is 13.8. The van der Waals surface area contributed by atoms with Crippen molar-refractivity contribution in [2.24, 2.45) is 0 Å². The second kappa shape index (κ2) is 7.22. The number of halogens is 3. The summed E-state index contributed by atoms with van der Waals surface area (Å²) in [5, 5.41) is 4.79. The number of nitrogens with zero attached hydrogens (tertiary/aromatic N) is 3. The maximum absolute atomic E-state index is 12.8. The fraction of sp³-hybridized carbons (Fsp3) is 0.400. The van der Waals surface area contributed by atoms with Crippen LogP contribution < -0.4 is 0 Å². The molecule has 2 rings (SSSR count). The molecule has 24 heavy (non-hydrogen) atoms. The first-order chi connectivity index (χ1) is 11.1. The molecule has 0 amide bonds. The van der Waals surface area contributed by atoms with E-state index in [0.717, 1.165) is 23.5 Å². The molecule has 0 unspecified atom stereocenters. The largest absolute Gasteiger partial charge is 0.270 e. The fourth-order valence-electron chi connectivity index (χ4n) is 2.45. The Balaban J connectivity index is 2.41. The highest BCUT2D eigenvalue weighted by molar-refractivity contribution is 7.89. The Bertz CT molecular complexity index is 879. The summed E-state index contributed by atoms with van der Waals surface area (Å²) in [6.07, 6.45) is 0. The van der Waals surface area contributed by atoms with Gasteiger partial charge in [0.25, 0.3) is 0 Å². The number of aryl methyl sites for hydroxylation is 2. The predicted molar refractivity (Wildman–Crippen MR) is 97.5 cm³/mol. The van der Waals surface area contributed by atoms with Crippen LogP contribution >= 0.6 is 34.8 Å². The van der Waals surface area contributed by atoms with Crippen molar-refractivity contribution in [1.29, 1.82) is 0 Å². The van der Waals surface area contributed by atoms with E-state index in [1.54, 1.807) is 0 Å². The zero-order chi connectivity index (χ0) is 18.2. The van der Waals surface area contributed by atoms with Crippen molar-refractivity contribution in [1.82, 2.24) is 14.1 Å². The van der Waals surface area contributed by atoms with Gasteiger partial charge < -0.3 is 0 Å². The molecule has 0 saturated carbocycles. The lowest BCUT2D eigenvalue weighted by atomic mass is 10.2. The molecule has 0 bridgehead atoms. The Morgan fingerprint density at radius 1 is 1.12 bits per heavy atom. The summed E-state index contributed by atoms with van der Waals surface area (Å²) in [4.78, 5) is -0.0701. The molecule has 0 atom stereocenters. The highest BCUT2D eigenvalue weighted by atomic mass is 35.5. The molecule has 2 aromatic rings. The molecule has 0 aliphatic heterocycles. The maximum Gasteiger partial charge on any atom is 0.244 e. The second-order valence-corrected chi connectivity index (χ2v) is 8.66. The van der Waals surface area contributed by atoms with Crippen LogP contribution in [0.3, 0.4) is 0 Å². The van der Waals surface area contributed by atoms with Crippen molar-refractivity contribution in [3.8, 4) is 0 Å². The van der Waals surface area contributed by atoms with Gasteiger partial charge in [0.1, 0.15) is 4.90 Å². The van der Waals surface area contributed by atoms with Gasteiger partial charge in [-0.2, -0.15) is 9.40 Å². The Morgan fingerprint density at radius 3 is 2.25 bits per heavy atom. The molecule has 1 aromatic heterocycles. The van der Waals surface area contributed by atoms with Gasteiger partial charge in [-0.1, -0.05) is 34.8 Å². The molecule has 5 nitrogen and oxygen atoms in total. The van der Waals surface area contributed by atoms with Crippen LogP contribution in [0.25, 0.3) is 0 Å². The van der Waals surface area contributed by atoms with E-state index in [0.29, 0.717) is 0 Å². The van der Waals surface area contributed by atoms with Gasteiger partial charge in [0.2, 0.25) is 10.0 Å². The number of aromatic nitrogens is 2. The van der Waals surface area contributed by atoms with Crippen molar-refractivity contribution in [2.75, 3.05) is 7.05 Å². The van der Waals surface area contributed by atoms with E-state index in [4.69, 9.17) is 34.8 Å². The molecule has 0 spiro atoms. The summed E-state index contributed by atoms with van der Waals surface area (Å²) in [5.41, 5.74) is 2.62. The summed E-state index contributed by atoms with van der Waals surface area (Å²) in [7, 11) is -2.32. The zero-order valence-corrected chi connectivity index (χ0v) is 16.9. The predicted octanol–water partition coefficient (Wildman–Crippen LogP) is 4.30. The van der Waals surface area contributed by atoms with Gasteiger partial charge in [0.15, 0.2) is 0 Å². The minimum Gasteiger partial charge on any atom is -0.270 e. The molecule has 1 aromatic carbocycles. The molecule has 0 N–H and O–H groups in total. The topological polar surface area (TPSA) is 55.2 Å². The quantitative estimate of drug-likeness (QED) is 0.691. The molecule has 0 aliphatic carbocycles. The lowest BCUT2D eigenvalue weighted by Crippen LogP contribution is -2.27. The lowest BCUT2D eigenvalue weighted by molar-refractivity contribution is 0.465. The third-order valence-corrected chi connectivity index (χ3v) is 6.86.